The second kappa shape index (κ2) is 11.1. The van der Waals surface area contributed by atoms with Crippen LogP contribution in [0.5, 0.6) is 0 Å². The van der Waals surface area contributed by atoms with Crippen molar-refractivity contribution in [3.8, 4) is 0 Å². The van der Waals surface area contributed by atoms with Crippen LogP contribution in [0.25, 0.3) is 0 Å². The molecule has 1 saturated heterocycles. The Morgan fingerprint density at radius 1 is 0.879 bits per heavy atom. The molecule has 0 aliphatic carbocycles. The molecule has 2 aromatic rings. The molecule has 0 radical (unpaired) electrons. The maximum atomic E-state index is 13.2. The van der Waals surface area contributed by atoms with E-state index in [-0.39, 0.29) is 41.4 Å². The summed E-state index contributed by atoms with van der Waals surface area (Å²) in [7, 11) is 0. The summed E-state index contributed by atoms with van der Waals surface area (Å²) < 4.78 is 13.2. The number of hydrogen-bond donors (Lipinski definition) is 2. The van der Waals surface area contributed by atoms with Crippen LogP contribution in [0.3, 0.4) is 0 Å². The highest BCUT2D eigenvalue weighted by Gasteiger charge is 2.34. The highest BCUT2D eigenvalue weighted by atomic mass is 19.1. The van der Waals surface area contributed by atoms with Crippen LogP contribution in [0.2, 0.25) is 0 Å². The monoisotopic (exact) mass is 453 g/mol. The summed E-state index contributed by atoms with van der Waals surface area (Å²) in [6.45, 7) is 6.93. The number of rotatable bonds is 7. The topological polar surface area (TPSA) is 78.5 Å². The predicted molar refractivity (Wildman–Crippen MR) is 125 cm³/mol. The molecule has 1 heterocycles. The van der Waals surface area contributed by atoms with Crippen LogP contribution < -0.4 is 10.6 Å². The second-order valence-electron chi connectivity index (χ2n) is 8.99. The Labute approximate surface area is 194 Å². The van der Waals surface area contributed by atoms with E-state index in [1.165, 1.54) is 24.3 Å². The summed E-state index contributed by atoms with van der Waals surface area (Å²) in [5.41, 5.74) is 0.934. The third-order valence-electron chi connectivity index (χ3n) is 6.36. The lowest BCUT2D eigenvalue weighted by Crippen LogP contribution is -2.55. The van der Waals surface area contributed by atoms with Crippen molar-refractivity contribution in [1.82, 2.24) is 15.5 Å². The number of nitrogens with one attached hydrogen (secondary N) is 2. The van der Waals surface area contributed by atoms with Gasteiger partial charge < -0.3 is 15.5 Å². The van der Waals surface area contributed by atoms with E-state index >= 15 is 0 Å². The minimum Gasteiger partial charge on any atom is -0.352 e. The van der Waals surface area contributed by atoms with E-state index in [0.717, 1.165) is 0 Å². The molecule has 2 N–H and O–H groups in total. The molecule has 0 saturated carbocycles. The van der Waals surface area contributed by atoms with Crippen molar-refractivity contribution in [3.63, 3.8) is 0 Å². The van der Waals surface area contributed by atoms with Gasteiger partial charge in [0.1, 0.15) is 11.9 Å². The Bertz CT molecular complexity index is 955. The second-order valence-corrected chi connectivity index (χ2v) is 8.99. The van der Waals surface area contributed by atoms with Gasteiger partial charge in [-0.25, -0.2) is 4.39 Å². The molecule has 0 aromatic heterocycles. The number of benzene rings is 2. The summed E-state index contributed by atoms with van der Waals surface area (Å²) >= 11 is 0. The Kier molecular flexibility index (Phi) is 8.20. The molecule has 1 aliphatic rings. The Morgan fingerprint density at radius 2 is 1.48 bits per heavy atom. The largest absolute Gasteiger partial charge is 0.352 e. The number of carbonyl (C=O) groups excluding carboxylic acids is 3. The average Bonchev–Trinajstić information content (AvgIpc) is 2.83. The highest BCUT2D eigenvalue weighted by molar-refractivity contribution is 5.97. The molecule has 0 spiro atoms. The predicted octanol–water partition coefficient (Wildman–Crippen LogP) is 3.64. The average molecular weight is 454 g/mol. The van der Waals surface area contributed by atoms with E-state index in [4.69, 9.17) is 0 Å². The number of piperidine rings is 1. The van der Waals surface area contributed by atoms with Crippen molar-refractivity contribution in [3.05, 3.63) is 71.5 Å². The lowest BCUT2D eigenvalue weighted by atomic mass is 9.87. The highest BCUT2D eigenvalue weighted by Crippen LogP contribution is 2.23. The van der Waals surface area contributed by atoms with Crippen molar-refractivity contribution in [2.24, 2.45) is 11.8 Å². The molecule has 7 heteroatoms. The smallest absolute Gasteiger partial charge is 0.253 e. The van der Waals surface area contributed by atoms with Gasteiger partial charge in [0.2, 0.25) is 5.91 Å². The molecule has 2 unspecified atom stereocenters. The fraction of sp³-hybridized carbons (Fsp3) is 0.423. The third-order valence-corrected chi connectivity index (χ3v) is 6.36. The summed E-state index contributed by atoms with van der Waals surface area (Å²) in [5, 5.41) is 5.96. The lowest BCUT2D eigenvalue weighted by molar-refractivity contribution is -0.125. The van der Waals surface area contributed by atoms with Crippen molar-refractivity contribution in [1.29, 1.82) is 0 Å². The standard InChI is InChI=1S/C26H32FN3O3/c1-17(2)18(3)28-25(32)23(29-24(31)20-7-5-4-6-8-20)19-13-15-30(16-14-19)26(33)21-9-11-22(27)12-10-21/h4-12,17-19,23H,13-16H2,1-3H3,(H,28,32)(H,29,31). The Morgan fingerprint density at radius 3 is 2.06 bits per heavy atom. The van der Waals surface area contributed by atoms with Gasteiger partial charge in [-0.1, -0.05) is 32.0 Å². The van der Waals surface area contributed by atoms with Gasteiger partial charge in [0.05, 0.1) is 0 Å². The minimum absolute atomic E-state index is 0.0335. The van der Waals surface area contributed by atoms with Gasteiger partial charge in [-0.3, -0.25) is 14.4 Å². The summed E-state index contributed by atoms with van der Waals surface area (Å²) in [6.07, 6.45) is 1.16. The van der Waals surface area contributed by atoms with Crippen molar-refractivity contribution in [2.45, 2.75) is 45.7 Å². The van der Waals surface area contributed by atoms with E-state index in [0.29, 0.717) is 37.1 Å². The van der Waals surface area contributed by atoms with E-state index in [1.807, 2.05) is 26.8 Å². The zero-order valence-corrected chi connectivity index (χ0v) is 19.4. The number of carbonyl (C=O) groups is 3. The molecule has 3 rings (SSSR count). The maximum absolute atomic E-state index is 13.2. The first-order valence-corrected chi connectivity index (χ1v) is 11.5. The molecule has 3 amide bonds. The third kappa shape index (κ3) is 6.40. The van der Waals surface area contributed by atoms with E-state index in [2.05, 4.69) is 10.6 Å². The first-order chi connectivity index (χ1) is 15.8. The van der Waals surface area contributed by atoms with Gasteiger partial charge in [0, 0.05) is 30.3 Å². The van der Waals surface area contributed by atoms with Gasteiger partial charge >= 0.3 is 0 Å². The van der Waals surface area contributed by atoms with E-state index < -0.39 is 6.04 Å². The quantitative estimate of drug-likeness (QED) is 0.672. The van der Waals surface area contributed by atoms with Crippen LogP contribution in [-0.2, 0) is 4.79 Å². The number of nitrogens with zero attached hydrogens (tertiary/aromatic N) is 1. The van der Waals surface area contributed by atoms with Crippen molar-refractivity contribution < 1.29 is 18.8 Å². The number of amides is 3. The molecular weight excluding hydrogens is 421 g/mol. The van der Waals surface area contributed by atoms with Crippen LogP contribution in [0.4, 0.5) is 4.39 Å². The molecule has 6 nitrogen and oxygen atoms in total. The molecule has 1 fully saturated rings. The number of halogens is 1. The van der Waals surface area contributed by atoms with Crippen LogP contribution in [0.1, 0.15) is 54.3 Å². The molecule has 1 aliphatic heterocycles. The van der Waals surface area contributed by atoms with Gasteiger partial charge in [-0.2, -0.15) is 0 Å². The van der Waals surface area contributed by atoms with Gasteiger partial charge in [0.15, 0.2) is 0 Å². The number of likely N-dealkylation sites (tertiary alicyclic amines) is 1. The molecule has 0 bridgehead atoms. The van der Waals surface area contributed by atoms with Crippen molar-refractivity contribution >= 4 is 17.7 Å². The maximum Gasteiger partial charge on any atom is 0.253 e. The van der Waals surface area contributed by atoms with Crippen LogP contribution in [0, 0.1) is 17.7 Å². The Balaban J connectivity index is 1.69. The summed E-state index contributed by atoms with van der Waals surface area (Å²) in [4.78, 5) is 40.4. The molecule has 2 atom stereocenters. The SMILES string of the molecule is CC(C)C(C)NC(=O)C(NC(=O)c1ccccc1)C1CCN(C(=O)c2ccc(F)cc2)CC1. The molecule has 2 aromatic carbocycles. The van der Waals surface area contributed by atoms with Gasteiger partial charge in [-0.05, 0) is 68.0 Å². The number of hydrogen-bond acceptors (Lipinski definition) is 3. The fourth-order valence-electron chi connectivity index (χ4n) is 3.90. The van der Waals surface area contributed by atoms with Gasteiger partial charge in [0.25, 0.3) is 11.8 Å². The van der Waals surface area contributed by atoms with E-state index in [1.54, 1.807) is 29.2 Å². The van der Waals surface area contributed by atoms with Crippen LogP contribution >= 0.6 is 0 Å². The van der Waals surface area contributed by atoms with Crippen molar-refractivity contribution in [2.75, 3.05) is 13.1 Å². The zero-order valence-electron chi connectivity index (χ0n) is 19.4. The first-order valence-electron chi connectivity index (χ1n) is 11.5. The fourth-order valence-corrected chi connectivity index (χ4v) is 3.90. The summed E-state index contributed by atoms with van der Waals surface area (Å²) in [6, 6.07) is 13.6. The first kappa shape index (κ1) is 24.4. The molecule has 33 heavy (non-hydrogen) atoms. The molecule has 176 valence electrons. The van der Waals surface area contributed by atoms with Gasteiger partial charge in [-0.15, -0.1) is 0 Å². The Hall–Kier alpha value is -3.22. The molecular formula is C26H32FN3O3. The van der Waals surface area contributed by atoms with E-state index in [9.17, 15) is 18.8 Å². The zero-order chi connectivity index (χ0) is 24.0. The van der Waals surface area contributed by atoms with Crippen LogP contribution in [0.15, 0.2) is 54.6 Å². The lowest BCUT2D eigenvalue weighted by Gasteiger charge is -2.36. The summed E-state index contributed by atoms with van der Waals surface area (Å²) in [5.74, 6) is -0.884. The van der Waals surface area contributed by atoms with Crippen LogP contribution in [-0.4, -0.2) is 47.8 Å². The normalized spacial score (nSPS) is 16.2. The minimum atomic E-state index is -0.693.